The molecule has 0 fully saturated rings. The zero-order chi connectivity index (χ0) is 18.4. The van der Waals surface area contributed by atoms with Crippen molar-refractivity contribution < 1.29 is 9.59 Å². The van der Waals surface area contributed by atoms with Crippen LogP contribution in [0.3, 0.4) is 0 Å². The molecule has 0 aliphatic rings. The predicted octanol–water partition coefficient (Wildman–Crippen LogP) is 4.59. The van der Waals surface area contributed by atoms with E-state index in [2.05, 4.69) is 12.2 Å². The van der Waals surface area contributed by atoms with Gasteiger partial charge in [0.2, 0.25) is 11.8 Å². The molecule has 0 atom stereocenters. The average molecular weight is 359 g/mol. The van der Waals surface area contributed by atoms with Crippen molar-refractivity contribution in [2.75, 3.05) is 16.8 Å². The fourth-order valence-electron chi connectivity index (χ4n) is 2.58. The van der Waals surface area contributed by atoms with E-state index in [0.29, 0.717) is 11.6 Å². The van der Waals surface area contributed by atoms with E-state index < -0.39 is 0 Å². The van der Waals surface area contributed by atoms with Gasteiger partial charge < -0.3 is 10.2 Å². The van der Waals surface area contributed by atoms with Gasteiger partial charge in [-0.05, 0) is 48.7 Å². The lowest BCUT2D eigenvalue weighted by molar-refractivity contribution is -0.117. The molecule has 0 bridgehead atoms. The molecular formula is C20H23ClN2O2. The molecular weight excluding hydrogens is 336 g/mol. The van der Waals surface area contributed by atoms with Crippen LogP contribution in [-0.2, 0) is 16.0 Å². The lowest BCUT2D eigenvalue weighted by Gasteiger charge is -2.23. The molecule has 0 heterocycles. The van der Waals surface area contributed by atoms with Crippen molar-refractivity contribution in [1.29, 1.82) is 0 Å². The van der Waals surface area contributed by atoms with Crippen LogP contribution in [0.5, 0.6) is 0 Å². The molecule has 1 N–H and O–H groups in total. The van der Waals surface area contributed by atoms with Gasteiger partial charge in [-0.1, -0.05) is 36.7 Å². The summed E-state index contributed by atoms with van der Waals surface area (Å²) in [6.45, 7) is 5.79. The van der Waals surface area contributed by atoms with E-state index in [0.717, 1.165) is 23.4 Å². The highest BCUT2D eigenvalue weighted by atomic mass is 35.5. The summed E-state index contributed by atoms with van der Waals surface area (Å²) >= 11 is 6.04. The van der Waals surface area contributed by atoms with E-state index in [1.807, 2.05) is 37.3 Å². The van der Waals surface area contributed by atoms with Crippen LogP contribution in [0.2, 0.25) is 5.02 Å². The molecule has 2 aromatic rings. The van der Waals surface area contributed by atoms with Crippen LogP contribution >= 0.6 is 11.6 Å². The average Bonchev–Trinajstić information content (AvgIpc) is 2.58. The molecule has 5 heteroatoms. The van der Waals surface area contributed by atoms with Gasteiger partial charge in [0, 0.05) is 36.3 Å². The van der Waals surface area contributed by atoms with Crippen molar-refractivity contribution in [3.63, 3.8) is 0 Å². The zero-order valence-corrected chi connectivity index (χ0v) is 15.6. The Labute approximate surface area is 153 Å². The third-order valence-electron chi connectivity index (χ3n) is 4.05. The quantitative estimate of drug-likeness (QED) is 0.820. The molecule has 0 aromatic heterocycles. The van der Waals surface area contributed by atoms with Gasteiger partial charge in [-0.2, -0.15) is 0 Å². The maximum absolute atomic E-state index is 12.2. The monoisotopic (exact) mass is 358 g/mol. The van der Waals surface area contributed by atoms with Crippen molar-refractivity contribution >= 4 is 34.8 Å². The Hall–Kier alpha value is -2.33. The number of rotatable bonds is 6. The first-order valence-corrected chi connectivity index (χ1v) is 8.71. The molecule has 0 saturated carbocycles. The van der Waals surface area contributed by atoms with Gasteiger partial charge in [-0.25, -0.2) is 0 Å². The summed E-state index contributed by atoms with van der Waals surface area (Å²) in [5, 5.41) is 3.42. The normalized spacial score (nSPS) is 10.4. The maximum Gasteiger partial charge on any atom is 0.226 e. The van der Waals surface area contributed by atoms with Crippen LogP contribution in [-0.4, -0.2) is 18.4 Å². The van der Waals surface area contributed by atoms with E-state index in [4.69, 9.17) is 11.6 Å². The van der Waals surface area contributed by atoms with Gasteiger partial charge in [0.15, 0.2) is 0 Å². The Bertz CT molecular complexity index is 757. The summed E-state index contributed by atoms with van der Waals surface area (Å²) in [5.41, 5.74) is 3.66. The smallest absolute Gasteiger partial charge is 0.226 e. The zero-order valence-electron chi connectivity index (χ0n) is 14.8. The van der Waals surface area contributed by atoms with Crippen LogP contribution in [0.15, 0.2) is 42.5 Å². The number of benzene rings is 2. The highest BCUT2D eigenvalue weighted by molar-refractivity contribution is 6.31. The summed E-state index contributed by atoms with van der Waals surface area (Å²) in [5.74, 6) is -0.249. The number of carbonyl (C=O) groups excluding carboxylic acids is 2. The van der Waals surface area contributed by atoms with E-state index in [9.17, 15) is 9.59 Å². The lowest BCUT2D eigenvalue weighted by atomic mass is 10.1. The van der Waals surface area contributed by atoms with Gasteiger partial charge in [0.05, 0.1) is 0 Å². The topological polar surface area (TPSA) is 49.4 Å². The minimum atomic E-state index is -0.129. The number of carbonyl (C=O) groups is 2. The first-order valence-electron chi connectivity index (χ1n) is 8.33. The van der Waals surface area contributed by atoms with Gasteiger partial charge in [0.25, 0.3) is 0 Å². The van der Waals surface area contributed by atoms with Crippen LogP contribution < -0.4 is 10.2 Å². The molecule has 25 heavy (non-hydrogen) atoms. The number of amides is 2. The Morgan fingerprint density at radius 2 is 1.80 bits per heavy atom. The van der Waals surface area contributed by atoms with Crippen LogP contribution in [0.25, 0.3) is 0 Å². The SMILES string of the molecule is CCc1ccc(NC(=O)CCN(C(C)=O)c2cc(Cl)ccc2C)cc1. The second-order valence-electron chi connectivity index (χ2n) is 5.95. The minimum absolute atomic E-state index is 0.120. The number of hydrogen-bond acceptors (Lipinski definition) is 2. The number of anilines is 2. The molecule has 2 amide bonds. The van der Waals surface area contributed by atoms with Crippen molar-refractivity contribution in [2.24, 2.45) is 0 Å². The third-order valence-corrected chi connectivity index (χ3v) is 4.29. The Morgan fingerprint density at radius 1 is 1.12 bits per heavy atom. The molecule has 0 saturated heterocycles. The standard InChI is InChI=1S/C20H23ClN2O2/c1-4-16-6-9-18(10-7-16)22-20(25)11-12-23(15(3)24)19-13-17(21)8-5-14(19)2/h5-10,13H,4,11-12H2,1-3H3,(H,22,25). The van der Waals surface area contributed by atoms with Gasteiger partial charge in [0.1, 0.15) is 0 Å². The molecule has 0 aliphatic carbocycles. The van der Waals surface area contributed by atoms with E-state index in [1.165, 1.54) is 12.5 Å². The molecule has 0 radical (unpaired) electrons. The Morgan fingerprint density at radius 3 is 2.40 bits per heavy atom. The van der Waals surface area contributed by atoms with Crippen LogP contribution in [0.1, 0.15) is 31.4 Å². The van der Waals surface area contributed by atoms with Crippen LogP contribution in [0.4, 0.5) is 11.4 Å². The summed E-state index contributed by atoms with van der Waals surface area (Å²) in [6.07, 6.45) is 1.17. The van der Waals surface area contributed by atoms with Crippen LogP contribution in [0, 0.1) is 6.92 Å². The number of hydrogen-bond donors (Lipinski definition) is 1. The van der Waals surface area contributed by atoms with E-state index in [1.54, 1.807) is 17.0 Å². The number of nitrogens with zero attached hydrogens (tertiary/aromatic N) is 1. The van der Waals surface area contributed by atoms with Crippen molar-refractivity contribution in [2.45, 2.75) is 33.6 Å². The summed E-state index contributed by atoms with van der Waals surface area (Å²) < 4.78 is 0. The first kappa shape index (κ1) is 19.0. The van der Waals surface area contributed by atoms with E-state index in [-0.39, 0.29) is 18.2 Å². The second-order valence-corrected chi connectivity index (χ2v) is 6.39. The van der Waals surface area contributed by atoms with Gasteiger partial charge >= 0.3 is 0 Å². The minimum Gasteiger partial charge on any atom is -0.326 e. The molecule has 0 aliphatic heterocycles. The van der Waals surface area contributed by atoms with E-state index >= 15 is 0 Å². The number of nitrogens with one attached hydrogen (secondary N) is 1. The predicted molar refractivity (Wildman–Crippen MR) is 103 cm³/mol. The summed E-state index contributed by atoms with van der Waals surface area (Å²) in [4.78, 5) is 25.8. The van der Waals surface area contributed by atoms with Gasteiger partial charge in [-0.15, -0.1) is 0 Å². The Balaban J connectivity index is 2.01. The van der Waals surface area contributed by atoms with Gasteiger partial charge in [-0.3, -0.25) is 9.59 Å². The summed E-state index contributed by atoms with van der Waals surface area (Å²) in [6, 6.07) is 13.2. The molecule has 4 nitrogen and oxygen atoms in total. The van der Waals surface area contributed by atoms with Crippen molar-refractivity contribution in [1.82, 2.24) is 0 Å². The Kier molecular flexibility index (Phi) is 6.59. The number of halogens is 1. The summed E-state index contributed by atoms with van der Waals surface area (Å²) in [7, 11) is 0. The highest BCUT2D eigenvalue weighted by Gasteiger charge is 2.16. The molecule has 0 spiro atoms. The first-order chi connectivity index (χ1) is 11.9. The fourth-order valence-corrected chi connectivity index (χ4v) is 2.75. The second kappa shape index (κ2) is 8.67. The highest BCUT2D eigenvalue weighted by Crippen LogP contribution is 2.24. The van der Waals surface area contributed by atoms with Crippen molar-refractivity contribution in [3.8, 4) is 0 Å². The fraction of sp³-hybridized carbons (Fsp3) is 0.300. The molecule has 132 valence electrons. The molecule has 2 rings (SSSR count). The molecule has 2 aromatic carbocycles. The molecule has 0 unspecified atom stereocenters. The third kappa shape index (κ3) is 5.33. The largest absolute Gasteiger partial charge is 0.326 e. The van der Waals surface area contributed by atoms with Crippen molar-refractivity contribution in [3.05, 3.63) is 58.6 Å². The maximum atomic E-state index is 12.2. The number of aryl methyl sites for hydroxylation is 2. The lowest BCUT2D eigenvalue weighted by Crippen LogP contribution is -2.32.